The minimum atomic E-state index is 0.613. The molecule has 2 atom stereocenters. The summed E-state index contributed by atoms with van der Waals surface area (Å²) in [6.45, 7) is 9.27. The summed E-state index contributed by atoms with van der Waals surface area (Å²) >= 11 is 0. The minimum absolute atomic E-state index is 0.613. The van der Waals surface area contributed by atoms with Crippen molar-refractivity contribution in [3.8, 4) is 0 Å². The Hall–Kier alpha value is -0.340. The quantitative estimate of drug-likeness (QED) is 0.780. The molecular weight excluding hydrogens is 270 g/mol. The van der Waals surface area contributed by atoms with E-state index in [0.29, 0.717) is 12.0 Å². The summed E-state index contributed by atoms with van der Waals surface area (Å²) < 4.78 is 5.87. The van der Waals surface area contributed by atoms with Gasteiger partial charge in [0.05, 0.1) is 13.2 Å². The van der Waals surface area contributed by atoms with Gasteiger partial charge in [-0.2, -0.15) is 0 Å². The Morgan fingerprint density at radius 3 is 2.09 bits per heavy atom. The largest absolute Gasteiger partial charge is 0.379 e. The SMILES string of the molecule is C=CC1CCC(C2CCC(C3COCC(C)CN3)CC2)CC1. The molecule has 2 unspecified atom stereocenters. The lowest BCUT2D eigenvalue weighted by atomic mass is 9.68. The van der Waals surface area contributed by atoms with Gasteiger partial charge in [0.25, 0.3) is 0 Å². The first-order valence-corrected chi connectivity index (χ1v) is 9.70. The van der Waals surface area contributed by atoms with E-state index in [1.807, 2.05) is 0 Å². The van der Waals surface area contributed by atoms with Crippen LogP contribution in [0.3, 0.4) is 0 Å². The van der Waals surface area contributed by atoms with Crippen molar-refractivity contribution in [3.05, 3.63) is 12.7 Å². The fourth-order valence-corrected chi connectivity index (χ4v) is 5.04. The van der Waals surface area contributed by atoms with E-state index in [0.717, 1.165) is 43.4 Å². The van der Waals surface area contributed by atoms with E-state index in [1.165, 1.54) is 51.4 Å². The van der Waals surface area contributed by atoms with Crippen LogP contribution in [0.2, 0.25) is 0 Å². The third-order valence-corrected chi connectivity index (χ3v) is 6.63. The fraction of sp³-hybridized carbons (Fsp3) is 0.900. The molecule has 2 aliphatic carbocycles. The second-order valence-electron chi connectivity index (χ2n) is 8.24. The maximum absolute atomic E-state index is 5.87. The zero-order valence-corrected chi connectivity index (χ0v) is 14.4. The van der Waals surface area contributed by atoms with Gasteiger partial charge in [0.2, 0.25) is 0 Å². The third-order valence-electron chi connectivity index (χ3n) is 6.63. The highest BCUT2D eigenvalue weighted by atomic mass is 16.5. The summed E-state index contributed by atoms with van der Waals surface area (Å²) in [5, 5.41) is 3.77. The van der Waals surface area contributed by atoms with E-state index in [1.54, 1.807) is 0 Å². The molecule has 0 radical (unpaired) electrons. The van der Waals surface area contributed by atoms with Crippen molar-refractivity contribution in [3.63, 3.8) is 0 Å². The van der Waals surface area contributed by atoms with Crippen LogP contribution in [0.5, 0.6) is 0 Å². The van der Waals surface area contributed by atoms with Crippen LogP contribution in [-0.4, -0.2) is 25.8 Å². The van der Waals surface area contributed by atoms with E-state index in [-0.39, 0.29) is 0 Å². The number of rotatable bonds is 3. The highest BCUT2D eigenvalue weighted by Crippen LogP contribution is 2.42. The number of nitrogens with one attached hydrogen (secondary N) is 1. The first kappa shape index (κ1) is 16.5. The number of ether oxygens (including phenoxy) is 1. The zero-order chi connectivity index (χ0) is 15.4. The Morgan fingerprint density at radius 2 is 1.45 bits per heavy atom. The molecule has 2 nitrogen and oxygen atoms in total. The molecule has 0 amide bonds. The van der Waals surface area contributed by atoms with E-state index in [9.17, 15) is 0 Å². The predicted molar refractivity (Wildman–Crippen MR) is 92.9 cm³/mol. The van der Waals surface area contributed by atoms with Crippen LogP contribution in [0.4, 0.5) is 0 Å². The van der Waals surface area contributed by atoms with Crippen molar-refractivity contribution < 1.29 is 4.74 Å². The van der Waals surface area contributed by atoms with Crippen molar-refractivity contribution in [2.45, 2.75) is 64.3 Å². The summed E-state index contributed by atoms with van der Waals surface area (Å²) in [6, 6.07) is 0.613. The maximum atomic E-state index is 5.87. The van der Waals surface area contributed by atoms with Gasteiger partial charge in [-0.25, -0.2) is 0 Å². The Balaban J connectivity index is 1.43. The van der Waals surface area contributed by atoms with Crippen molar-refractivity contribution in [2.75, 3.05) is 19.8 Å². The summed E-state index contributed by atoms with van der Waals surface area (Å²) in [5.41, 5.74) is 0. The topological polar surface area (TPSA) is 21.3 Å². The molecule has 3 aliphatic rings. The fourth-order valence-electron chi connectivity index (χ4n) is 5.04. The molecule has 2 heteroatoms. The molecular formula is C20H35NO. The maximum Gasteiger partial charge on any atom is 0.0622 e. The summed E-state index contributed by atoms with van der Waals surface area (Å²) in [4.78, 5) is 0. The lowest BCUT2D eigenvalue weighted by molar-refractivity contribution is 0.0806. The van der Waals surface area contributed by atoms with Crippen LogP contribution in [0.25, 0.3) is 0 Å². The number of hydrogen-bond donors (Lipinski definition) is 1. The van der Waals surface area contributed by atoms with Gasteiger partial charge in [-0.05, 0) is 81.0 Å². The summed E-state index contributed by atoms with van der Waals surface area (Å²) in [6.07, 6.45) is 13.6. The van der Waals surface area contributed by atoms with E-state index in [2.05, 4.69) is 24.9 Å². The molecule has 3 rings (SSSR count). The lowest BCUT2D eigenvalue weighted by Crippen LogP contribution is -2.41. The molecule has 1 aliphatic heterocycles. The van der Waals surface area contributed by atoms with Gasteiger partial charge in [0, 0.05) is 12.6 Å². The van der Waals surface area contributed by atoms with E-state index >= 15 is 0 Å². The van der Waals surface area contributed by atoms with Gasteiger partial charge in [-0.3, -0.25) is 0 Å². The minimum Gasteiger partial charge on any atom is -0.379 e. The van der Waals surface area contributed by atoms with Gasteiger partial charge in [-0.15, -0.1) is 6.58 Å². The smallest absolute Gasteiger partial charge is 0.0622 e. The monoisotopic (exact) mass is 305 g/mol. The van der Waals surface area contributed by atoms with Crippen LogP contribution in [0.15, 0.2) is 12.7 Å². The first-order chi connectivity index (χ1) is 10.8. The van der Waals surface area contributed by atoms with Crippen LogP contribution in [0, 0.1) is 29.6 Å². The van der Waals surface area contributed by atoms with Crippen LogP contribution < -0.4 is 5.32 Å². The third kappa shape index (κ3) is 4.14. The van der Waals surface area contributed by atoms with Crippen molar-refractivity contribution in [1.82, 2.24) is 5.32 Å². The van der Waals surface area contributed by atoms with Crippen LogP contribution >= 0.6 is 0 Å². The average Bonchev–Trinajstić information content (AvgIpc) is 2.80. The van der Waals surface area contributed by atoms with Gasteiger partial charge in [0.1, 0.15) is 0 Å². The number of allylic oxidation sites excluding steroid dienone is 1. The standard InChI is InChI=1S/C20H35NO/c1-3-16-4-6-17(7-5-16)18-8-10-19(11-9-18)20-14-22-13-15(2)12-21-20/h3,15-21H,1,4-14H2,2H3. The summed E-state index contributed by atoms with van der Waals surface area (Å²) in [5.74, 6) is 4.34. The molecule has 126 valence electrons. The van der Waals surface area contributed by atoms with E-state index in [4.69, 9.17) is 4.74 Å². The van der Waals surface area contributed by atoms with Crippen molar-refractivity contribution in [1.29, 1.82) is 0 Å². The lowest BCUT2D eigenvalue weighted by Gasteiger charge is -2.39. The van der Waals surface area contributed by atoms with Crippen LogP contribution in [-0.2, 0) is 4.74 Å². The van der Waals surface area contributed by atoms with Gasteiger partial charge < -0.3 is 10.1 Å². The molecule has 3 fully saturated rings. The van der Waals surface area contributed by atoms with Gasteiger partial charge >= 0.3 is 0 Å². The second-order valence-corrected chi connectivity index (χ2v) is 8.24. The van der Waals surface area contributed by atoms with E-state index < -0.39 is 0 Å². The molecule has 0 aromatic rings. The molecule has 1 saturated heterocycles. The molecule has 0 aromatic carbocycles. The molecule has 1 heterocycles. The van der Waals surface area contributed by atoms with Gasteiger partial charge in [0.15, 0.2) is 0 Å². The average molecular weight is 306 g/mol. The summed E-state index contributed by atoms with van der Waals surface area (Å²) in [7, 11) is 0. The highest BCUT2D eigenvalue weighted by molar-refractivity contribution is 4.89. The number of hydrogen-bond acceptors (Lipinski definition) is 2. The molecule has 0 aromatic heterocycles. The Morgan fingerprint density at radius 1 is 0.864 bits per heavy atom. The highest BCUT2D eigenvalue weighted by Gasteiger charge is 2.33. The molecule has 2 saturated carbocycles. The van der Waals surface area contributed by atoms with Crippen molar-refractivity contribution >= 4 is 0 Å². The molecule has 0 spiro atoms. The Labute approximate surface area is 137 Å². The van der Waals surface area contributed by atoms with Crippen LogP contribution in [0.1, 0.15) is 58.3 Å². The molecule has 0 bridgehead atoms. The molecule has 22 heavy (non-hydrogen) atoms. The molecule has 1 N–H and O–H groups in total. The Bertz CT molecular complexity index is 340. The second kappa shape index (κ2) is 7.97. The zero-order valence-electron chi connectivity index (χ0n) is 14.4. The normalized spacial score (nSPS) is 44.2. The predicted octanol–water partition coefficient (Wildman–Crippen LogP) is 4.41. The first-order valence-electron chi connectivity index (χ1n) is 9.70. The van der Waals surface area contributed by atoms with Crippen molar-refractivity contribution in [2.24, 2.45) is 29.6 Å². The van der Waals surface area contributed by atoms with Gasteiger partial charge in [-0.1, -0.05) is 13.0 Å². The Kier molecular flexibility index (Phi) is 5.98.